The number of H-pyrrole nitrogens is 1. The summed E-state index contributed by atoms with van der Waals surface area (Å²) in [7, 11) is 1.55. The Labute approximate surface area is 170 Å². The highest BCUT2D eigenvalue weighted by Gasteiger charge is 2.18. The first-order valence-corrected chi connectivity index (χ1v) is 9.90. The maximum absolute atomic E-state index is 12.8. The largest absolute Gasteiger partial charge is 0.496 e. The summed E-state index contributed by atoms with van der Waals surface area (Å²) < 4.78 is 11.9. The van der Waals surface area contributed by atoms with Crippen LogP contribution in [0.2, 0.25) is 0 Å². The van der Waals surface area contributed by atoms with Crippen LogP contribution in [0.25, 0.3) is 31.6 Å². The minimum absolute atomic E-state index is 0.233. The van der Waals surface area contributed by atoms with Gasteiger partial charge in [-0.05, 0) is 35.7 Å². The number of nitrogens with zero attached hydrogens (tertiary/aromatic N) is 1. The second kappa shape index (κ2) is 7.10. The number of carbonyl (C=O) groups excluding carboxylic acids is 1. The molecule has 0 radical (unpaired) electrons. The van der Waals surface area contributed by atoms with E-state index in [0.717, 1.165) is 21.5 Å². The fourth-order valence-corrected chi connectivity index (χ4v) is 4.42. The van der Waals surface area contributed by atoms with Crippen LogP contribution in [0.5, 0.6) is 5.75 Å². The third-order valence-electron chi connectivity index (χ3n) is 4.79. The minimum Gasteiger partial charge on any atom is -0.496 e. The van der Waals surface area contributed by atoms with E-state index in [1.54, 1.807) is 36.8 Å². The Bertz CT molecular complexity index is 1290. The van der Waals surface area contributed by atoms with E-state index < -0.39 is 0 Å². The van der Waals surface area contributed by atoms with Crippen molar-refractivity contribution < 1.29 is 13.9 Å². The van der Waals surface area contributed by atoms with Gasteiger partial charge in [-0.25, -0.2) is 0 Å². The standard InChI is InChI=1S/C22H17N3O3S/c1-27-18-11-17-15(10-16(18)22(26)23-12-14-6-4-8-28-14)21(25-24-17)20-9-13-5-2-3-7-19(13)29-20/h2-11H,12H2,1H3,(H,23,26)(H,24,25). The number of hydrogen-bond acceptors (Lipinski definition) is 5. The molecule has 0 atom stereocenters. The number of nitrogens with one attached hydrogen (secondary N) is 2. The number of ether oxygens (including phenoxy) is 1. The number of aromatic amines is 1. The first kappa shape index (κ1) is 17.5. The zero-order valence-corrected chi connectivity index (χ0v) is 16.4. The summed E-state index contributed by atoms with van der Waals surface area (Å²) >= 11 is 1.68. The highest BCUT2D eigenvalue weighted by Crippen LogP contribution is 2.37. The van der Waals surface area contributed by atoms with E-state index in [1.807, 2.05) is 24.3 Å². The first-order chi connectivity index (χ1) is 14.2. The number of fused-ring (bicyclic) bond motifs is 2. The van der Waals surface area contributed by atoms with Gasteiger partial charge in [0.15, 0.2) is 0 Å². The summed E-state index contributed by atoms with van der Waals surface area (Å²) in [6.07, 6.45) is 1.58. The maximum atomic E-state index is 12.8. The van der Waals surface area contributed by atoms with E-state index in [4.69, 9.17) is 9.15 Å². The van der Waals surface area contributed by atoms with Crippen LogP contribution in [0, 0.1) is 0 Å². The van der Waals surface area contributed by atoms with Crippen molar-refractivity contribution in [3.8, 4) is 16.3 Å². The first-order valence-electron chi connectivity index (χ1n) is 9.08. The van der Waals surface area contributed by atoms with Crippen molar-refractivity contribution in [2.45, 2.75) is 6.54 Å². The predicted molar refractivity (Wildman–Crippen MR) is 113 cm³/mol. The second-order valence-electron chi connectivity index (χ2n) is 6.58. The number of aromatic nitrogens is 2. The van der Waals surface area contributed by atoms with Crippen LogP contribution < -0.4 is 10.1 Å². The molecule has 0 aliphatic carbocycles. The Morgan fingerprint density at radius 2 is 2.10 bits per heavy atom. The summed E-state index contributed by atoms with van der Waals surface area (Å²) in [5.41, 5.74) is 2.09. The van der Waals surface area contributed by atoms with Gasteiger partial charge in [0.1, 0.15) is 17.2 Å². The van der Waals surface area contributed by atoms with Crippen LogP contribution in [-0.2, 0) is 6.54 Å². The minimum atomic E-state index is -0.233. The molecule has 0 spiro atoms. The number of furan rings is 1. The Hall–Kier alpha value is -3.58. The van der Waals surface area contributed by atoms with Crippen molar-refractivity contribution >= 4 is 38.2 Å². The van der Waals surface area contributed by atoms with Crippen LogP contribution in [0.1, 0.15) is 16.1 Å². The molecule has 6 nitrogen and oxygen atoms in total. The number of carbonyl (C=O) groups is 1. The van der Waals surface area contributed by atoms with Crippen molar-refractivity contribution in [1.29, 1.82) is 0 Å². The fraction of sp³-hybridized carbons (Fsp3) is 0.0909. The van der Waals surface area contributed by atoms with Gasteiger partial charge in [0.25, 0.3) is 5.91 Å². The Morgan fingerprint density at radius 3 is 2.90 bits per heavy atom. The zero-order valence-electron chi connectivity index (χ0n) is 15.6. The number of hydrogen-bond donors (Lipinski definition) is 2. The normalized spacial score (nSPS) is 11.2. The van der Waals surface area contributed by atoms with Gasteiger partial charge in [0, 0.05) is 16.2 Å². The molecule has 0 bridgehead atoms. The lowest BCUT2D eigenvalue weighted by Gasteiger charge is -2.09. The van der Waals surface area contributed by atoms with Crippen molar-refractivity contribution in [2.75, 3.05) is 7.11 Å². The van der Waals surface area contributed by atoms with Gasteiger partial charge in [-0.2, -0.15) is 5.10 Å². The van der Waals surface area contributed by atoms with E-state index in [2.05, 4.69) is 33.7 Å². The third-order valence-corrected chi connectivity index (χ3v) is 5.91. The molecule has 7 heteroatoms. The lowest BCUT2D eigenvalue weighted by molar-refractivity contribution is 0.0945. The van der Waals surface area contributed by atoms with Crippen LogP contribution in [0.15, 0.2) is 65.3 Å². The summed E-state index contributed by atoms with van der Waals surface area (Å²) in [5, 5.41) is 12.5. The number of amides is 1. The Kier molecular flexibility index (Phi) is 4.29. The molecule has 2 aromatic carbocycles. The highest BCUT2D eigenvalue weighted by molar-refractivity contribution is 7.22. The van der Waals surface area contributed by atoms with Crippen molar-refractivity contribution in [1.82, 2.24) is 15.5 Å². The monoisotopic (exact) mass is 403 g/mol. The molecular weight excluding hydrogens is 386 g/mol. The Balaban J connectivity index is 1.55. The van der Waals surface area contributed by atoms with E-state index in [9.17, 15) is 4.79 Å². The molecule has 1 amide bonds. The van der Waals surface area contributed by atoms with Gasteiger partial charge in [-0.3, -0.25) is 9.89 Å². The molecule has 144 valence electrons. The zero-order chi connectivity index (χ0) is 19.8. The lowest BCUT2D eigenvalue weighted by Crippen LogP contribution is -2.23. The third kappa shape index (κ3) is 3.15. The lowest BCUT2D eigenvalue weighted by atomic mass is 10.1. The van der Waals surface area contributed by atoms with Crippen molar-refractivity contribution in [2.24, 2.45) is 0 Å². The molecule has 2 N–H and O–H groups in total. The predicted octanol–water partition coefficient (Wildman–Crippen LogP) is 4.98. The molecule has 0 unspecified atom stereocenters. The van der Waals surface area contributed by atoms with Crippen LogP contribution in [-0.4, -0.2) is 23.2 Å². The van der Waals surface area contributed by atoms with E-state index in [-0.39, 0.29) is 5.91 Å². The smallest absolute Gasteiger partial charge is 0.255 e. The van der Waals surface area contributed by atoms with Crippen LogP contribution in [0.3, 0.4) is 0 Å². The molecule has 0 aliphatic rings. The van der Waals surface area contributed by atoms with Crippen LogP contribution in [0.4, 0.5) is 0 Å². The fourth-order valence-electron chi connectivity index (χ4n) is 3.35. The summed E-state index contributed by atoms with van der Waals surface area (Å²) in [6.45, 7) is 0.307. The van der Waals surface area contributed by atoms with Gasteiger partial charge in [0.05, 0.1) is 35.9 Å². The number of methoxy groups -OCH3 is 1. The molecule has 0 saturated heterocycles. The quantitative estimate of drug-likeness (QED) is 0.434. The average Bonchev–Trinajstić information content (AvgIpc) is 3.49. The molecule has 29 heavy (non-hydrogen) atoms. The van der Waals surface area contributed by atoms with E-state index >= 15 is 0 Å². The molecule has 0 fully saturated rings. The number of benzene rings is 2. The molecule has 5 rings (SSSR count). The molecular formula is C22H17N3O3S. The van der Waals surface area contributed by atoms with Crippen molar-refractivity contribution in [3.05, 3.63) is 72.2 Å². The molecule has 3 aromatic heterocycles. The topological polar surface area (TPSA) is 80.1 Å². The Morgan fingerprint density at radius 1 is 1.21 bits per heavy atom. The summed E-state index contributed by atoms with van der Waals surface area (Å²) in [5.74, 6) is 0.942. The SMILES string of the molecule is COc1cc2[nH]nc(-c3cc4ccccc4s3)c2cc1C(=O)NCc1ccco1. The second-order valence-corrected chi connectivity index (χ2v) is 7.66. The molecule has 3 heterocycles. The van der Waals surface area contributed by atoms with Crippen molar-refractivity contribution in [3.63, 3.8) is 0 Å². The van der Waals surface area contributed by atoms with E-state index in [0.29, 0.717) is 23.6 Å². The van der Waals surface area contributed by atoms with Gasteiger partial charge < -0.3 is 14.5 Å². The van der Waals surface area contributed by atoms with Gasteiger partial charge >= 0.3 is 0 Å². The number of rotatable bonds is 5. The highest BCUT2D eigenvalue weighted by atomic mass is 32.1. The van der Waals surface area contributed by atoms with Gasteiger partial charge in [-0.15, -0.1) is 11.3 Å². The maximum Gasteiger partial charge on any atom is 0.255 e. The average molecular weight is 403 g/mol. The molecule has 5 aromatic rings. The van der Waals surface area contributed by atoms with E-state index in [1.165, 1.54) is 10.1 Å². The van der Waals surface area contributed by atoms with Gasteiger partial charge in [0.2, 0.25) is 0 Å². The summed E-state index contributed by atoms with van der Waals surface area (Å²) in [4.78, 5) is 13.9. The molecule has 0 saturated carbocycles. The molecule has 0 aliphatic heterocycles. The number of thiophene rings is 1. The van der Waals surface area contributed by atoms with Gasteiger partial charge in [-0.1, -0.05) is 18.2 Å². The summed E-state index contributed by atoms with van der Waals surface area (Å²) in [6, 6.07) is 17.6. The van der Waals surface area contributed by atoms with Crippen LogP contribution >= 0.6 is 11.3 Å².